The Bertz CT molecular complexity index is 697. The van der Waals surface area contributed by atoms with Gasteiger partial charge in [-0.3, -0.25) is 9.69 Å². The second-order valence-corrected chi connectivity index (χ2v) is 6.00. The minimum absolute atomic E-state index is 0.0123. The summed E-state index contributed by atoms with van der Waals surface area (Å²) in [5, 5.41) is 11.8. The van der Waals surface area contributed by atoms with Crippen molar-refractivity contribution >= 4 is 5.91 Å². The summed E-state index contributed by atoms with van der Waals surface area (Å²) in [6.07, 6.45) is 1.58. The van der Waals surface area contributed by atoms with Crippen molar-refractivity contribution in [1.82, 2.24) is 30.1 Å². The van der Waals surface area contributed by atoms with Crippen LogP contribution >= 0.6 is 0 Å². The average Bonchev–Trinajstić information content (AvgIpc) is 3.26. The Hall–Kier alpha value is -2.29. The third-order valence-corrected chi connectivity index (χ3v) is 4.14. The van der Waals surface area contributed by atoms with Crippen molar-refractivity contribution in [3.8, 4) is 0 Å². The van der Waals surface area contributed by atoms with Crippen LogP contribution < -0.4 is 0 Å². The summed E-state index contributed by atoms with van der Waals surface area (Å²) in [5.41, 5.74) is 0. The molecule has 0 aromatic carbocycles. The maximum Gasteiger partial charge on any atom is 0.230 e. The van der Waals surface area contributed by atoms with Crippen LogP contribution in [-0.2, 0) is 24.3 Å². The quantitative estimate of drug-likeness (QED) is 0.769. The lowest BCUT2D eigenvalue weighted by atomic mass is 10.2. The largest absolute Gasteiger partial charge is 0.424 e. The molecular weight excluding hydrogens is 312 g/mol. The molecule has 0 spiro atoms. The van der Waals surface area contributed by atoms with Gasteiger partial charge in [0.05, 0.1) is 13.1 Å². The maximum atomic E-state index is 12.1. The molecule has 24 heavy (non-hydrogen) atoms. The predicted octanol–water partition coefficient (Wildman–Crippen LogP) is 0.946. The lowest BCUT2D eigenvalue weighted by molar-refractivity contribution is -0.131. The molecule has 0 N–H and O–H groups in total. The highest BCUT2D eigenvalue weighted by molar-refractivity contribution is 5.73. The molecule has 2 aromatic heterocycles. The molecule has 0 saturated carbocycles. The Balaban J connectivity index is 1.61. The molecule has 1 fully saturated rings. The highest BCUT2D eigenvalue weighted by Gasteiger charge is 2.31. The van der Waals surface area contributed by atoms with Crippen LogP contribution in [0.2, 0.25) is 0 Å². The standard InChI is InChI=1S/C15H22N6O3/c1-4-14-16-13(19-24-14)8-21(11(3)22)12-5-6-20(7-12)9-15-18-17-10(2)23-15/h12H,4-9H2,1-3H3/t12-/m0/s1. The molecule has 1 atom stereocenters. The van der Waals surface area contributed by atoms with Gasteiger partial charge in [0.15, 0.2) is 5.82 Å². The molecule has 0 radical (unpaired) electrons. The molecule has 9 heteroatoms. The lowest BCUT2D eigenvalue weighted by Gasteiger charge is -2.26. The zero-order chi connectivity index (χ0) is 17.1. The molecule has 1 amide bonds. The molecule has 1 aliphatic heterocycles. The van der Waals surface area contributed by atoms with Crippen molar-refractivity contribution in [2.45, 2.75) is 52.7 Å². The summed E-state index contributed by atoms with van der Waals surface area (Å²) in [7, 11) is 0. The maximum absolute atomic E-state index is 12.1. The summed E-state index contributed by atoms with van der Waals surface area (Å²) in [5.74, 6) is 2.32. The van der Waals surface area contributed by atoms with Gasteiger partial charge in [0, 0.05) is 39.4 Å². The van der Waals surface area contributed by atoms with Gasteiger partial charge < -0.3 is 13.8 Å². The van der Waals surface area contributed by atoms with Gasteiger partial charge >= 0.3 is 0 Å². The number of likely N-dealkylation sites (tertiary alicyclic amines) is 1. The first-order valence-corrected chi connectivity index (χ1v) is 8.15. The van der Waals surface area contributed by atoms with E-state index >= 15 is 0 Å². The van der Waals surface area contributed by atoms with Crippen molar-refractivity contribution in [1.29, 1.82) is 0 Å². The first-order valence-electron chi connectivity index (χ1n) is 8.15. The molecule has 0 unspecified atom stereocenters. The molecule has 130 valence electrons. The fraction of sp³-hybridized carbons (Fsp3) is 0.667. The smallest absolute Gasteiger partial charge is 0.230 e. The Morgan fingerprint density at radius 3 is 2.83 bits per heavy atom. The molecule has 1 aliphatic rings. The van der Waals surface area contributed by atoms with Crippen molar-refractivity contribution in [2.24, 2.45) is 0 Å². The zero-order valence-corrected chi connectivity index (χ0v) is 14.2. The van der Waals surface area contributed by atoms with Crippen LogP contribution in [0.3, 0.4) is 0 Å². The van der Waals surface area contributed by atoms with Gasteiger partial charge in [-0.25, -0.2) is 0 Å². The number of hydrogen-bond acceptors (Lipinski definition) is 8. The summed E-state index contributed by atoms with van der Waals surface area (Å²) in [6.45, 7) is 7.92. The van der Waals surface area contributed by atoms with Crippen LogP contribution in [0.15, 0.2) is 8.94 Å². The molecule has 1 saturated heterocycles. The summed E-state index contributed by atoms with van der Waals surface area (Å²) in [4.78, 5) is 20.4. The van der Waals surface area contributed by atoms with Gasteiger partial charge in [-0.05, 0) is 6.42 Å². The van der Waals surface area contributed by atoms with Crippen LogP contribution in [0, 0.1) is 6.92 Å². The molecule has 9 nitrogen and oxygen atoms in total. The van der Waals surface area contributed by atoms with Crippen LogP contribution in [0.25, 0.3) is 0 Å². The van der Waals surface area contributed by atoms with Gasteiger partial charge in [-0.2, -0.15) is 4.98 Å². The predicted molar refractivity (Wildman–Crippen MR) is 82.6 cm³/mol. The van der Waals surface area contributed by atoms with Gasteiger partial charge in [0.25, 0.3) is 0 Å². The molecule has 0 bridgehead atoms. The first kappa shape index (κ1) is 16.6. The average molecular weight is 334 g/mol. The van der Waals surface area contributed by atoms with Crippen molar-refractivity contribution in [2.75, 3.05) is 13.1 Å². The number of amides is 1. The third-order valence-electron chi connectivity index (χ3n) is 4.14. The number of carbonyl (C=O) groups is 1. The van der Waals surface area contributed by atoms with Crippen LogP contribution in [-0.4, -0.2) is 55.2 Å². The van der Waals surface area contributed by atoms with E-state index in [1.54, 1.807) is 13.8 Å². The number of rotatable bonds is 6. The molecule has 2 aromatic rings. The van der Waals surface area contributed by atoms with E-state index in [0.29, 0.717) is 43.0 Å². The third kappa shape index (κ3) is 3.78. The number of hydrogen-bond donors (Lipinski definition) is 0. The Labute approximate surface area is 140 Å². The summed E-state index contributed by atoms with van der Waals surface area (Å²) >= 11 is 0. The van der Waals surface area contributed by atoms with E-state index in [1.807, 2.05) is 11.8 Å². The Kier molecular flexibility index (Phi) is 4.89. The van der Waals surface area contributed by atoms with Gasteiger partial charge in [-0.15, -0.1) is 10.2 Å². The number of carbonyl (C=O) groups excluding carboxylic acids is 1. The minimum atomic E-state index is 0.0123. The number of aromatic nitrogens is 4. The van der Waals surface area contributed by atoms with Crippen LogP contribution in [0.1, 0.15) is 43.8 Å². The van der Waals surface area contributed by atoms with Gasteiger partial charge in [-0.1, -0.05) is 12.1 Å². The topological polar surface area (TPSA) is 101 Å². The highest BCUT2D eigenvalue weighted by atomic mass is 16.5. The molecular formula is C15H22N6O3. The highest BCUT2D eigenvalue weighted by Crippen LogP contribution is 2.19. The first-order chi connectivity index (χ1) is 11.5. The molecule has 0 aliphatic carbocycles. The fourth-order valence-corrected chi connectivity index (χ4v) is 2.95. The van der Waals surface area contributed by atoms with E-state index in [9.17, 15) is 4.79 Å². The van der Waals surface area contributed by atoms with Gasteiger partial charge in [0.2, 0.25) is 23.6 Å². The van der Waals surface area contributed by atoms with Gasteiger partial charge in [0.1, 0.15) is 0 Å². The number of aryl methyl sites for hydroxylation is 2. The summed E-state index contributed by atoms with van der Waals surface area (Å²) < 4.78 is 10.5. The van der Waals surface area contributed by atoms with Crippen LogP contribution in [0.5, 0.6) is 0 Å². The van der Waals surface area contributed by atoms with E-state index in [-0.39, 0.29) is 11.9 Å². The normalized spacial score (nSPS) is 18.2. The molecule has 3 rings (SSSR count). The monoisotopic (exact) mass is 334 g/mol. The minimum Gasteiger partial charge on any atom is -0.424 e. The Morgan fingerprint density at radius 1 is 1.38 bits per heavy atom. The number of nitrogens with zero attached hydrogens (tertiary/aromatic N) is 6. The zero-order valence-electron chi connectivity index (χ0n) is 14.2. The van der Waals surface area contributed by atoms with E-state index in [2.05, 4.69) is 25.2 Å². The second kappa shape index (κ2) is 7.08. The Morgan fingerprint density at radius 2 is 2.21 bits per heavy atom. The van der Waals surface area contributed by atoms with E-state index in [4.69, 9.17) is 8.94 Å². The van der Waals surface area contributed by atoms with Crippen molar-refractivity contribution < 1.29 is 13.7 Å². The molecule has 3 heterocycles. The van der Waals surface area contributed by atoms with E-state index < -0.39 is 0 Å². The van der Waals surface area contributed by atoms with E-state index in [0.717, 1.165) is 19.5 Å². The van der Waals surface area contributed by atoms with Crippen molar-refractivity contribution in [3.05, 3.63) is 23.5 Å². The van der Waals surface area contributed by atoms with Crippen molar-refractivity contribution in [3.63, 3.8) is 0 Å². The second-order valence-electron chi connectivity index (χ2n) is 6.00. The lowest BCUT2D eigenvalue weighted by Crippen LogP contribution is -2.40. The van der Waals surface area contributed by atoms with E-state index in [1.165, 1.54) is 0 Å². The fourth-order valence-electron chi connectivity index (χ4n) is 2.95. The SMILES string of the molecule is CCc1nc(CN(C(C)=O)[C@H]2CCN(Cc3nnc(C)o3)C2)no1. The van der Waals surface area contributed by atoms with Crippen LogP contribution in [0.4, 0.5) is 0 Å². The summed E-state index contributed by atoms with van der Waals surface area (Å²) in [6, 6.07) is 0.120.